The maximum absolute atomic E-state index is 8.78. The maximum atomic E-state index is 8.78. The third kappa shape index (κ3) is 4.28. The fourth-order valence-electron chi connectivity index (χ4n) is 1.80. The highest BCUT2D eigenvalue weighted by Crippen LogP contribution is 2.38. The predicted molar refractivity (Wildman–Crippen MR) is 87.2 cm³/mol. The standard InChI is InChI=1S/C15H15BrN2OS/c16-12-6-8-13(9-7-12)20-14(10-15(17)18-19)11-4-2-1-3-5-11/h1-9,14,19H,10H2,(H2,17,18). The van der Waals surface area contributed by atoms with Crippen LogP contribution in [0.25, 0.3) is 0 Å². The molecule has 0 saturated carbocycles. The van der Waals surface area contributed by atoms with Crippen molar-refractivity contribution in [3.05, 3.63) is 64.6 Å². The van der Waals surface area contributed by atoms with E-state index in [2.05, 4.69) is 45.4 Å². The number of nitrogens with zero attached hydrogens (tertiary/aromatic N) is 1. The van der Waals surface area contributed by atoms with Gasteiger partial charge in [0.05, 0.1) is 0 Å². The average molecular weight is 351 g/mol. The van der Waals surface area contributed by atoms with Crippen molar-refractivity contribution in [2.45, 2.75) is 16.6 Å². The summed E-state index contributed by atoms with van der Waals surface area (Å²) in [5, 5.41) is 12.0. The number of amidine groups is 1. The number of thioether (sulfide) groups is 1. The molecule has 3 N–H and O–H groups in total. The molecule has 0 aromatic heterocycles. The van der Waals surface area contributed by atoms with Crippen molar-refractivity contribution >= 4 is 33.5 Å². The summed E-state index contributed by atoms with van der Waals surface area (Å²) in [6, 6.07) is 18.2. The fraction of sp³-hybridized carbons (Fsp3) is 0.133. The first kappa shape index (κ1) is 14.9. The molecular weight excluding hydrogens is 336 g/mol. The monoisotopic (exact) mass is 350 g/mol. The quantitative estimate of drug-likeness (QED) is 0.276. The second-order valence-electron chi connectivity index (χ2n) is 4.27. The van der Waals surface area contributed by atoms with Crippen molar-refractivity contribution in [2.75, 3.05) is 0 Å². The Bertz CT molecular complexity index is 572. The Hall–Kier alpha value is -1.46. The topological polar surface area (TPSA) is 58.6 Å². The lowest BCUT2D eigenvalue weighted by atomic mass is 10.1. The Morgan fingerprint density at radius 1 is 1.15 bits per heavy atom. The van der Waals surface area contributed by atoms with Gasteiger partial charge in [-0.25, -0.2) is 0 Å². The molecule has 0 fully saturated rings. The van der Waals surface area contributed by atoms with Crippen molar-refractivity contribution in [3.63, 3.8) is 0 Å². The van der Waals surface area contributed by atoms with E-state index in [1.54, 1.807) is 11.8 Å². The van der Waals surface area contributed by atoms with Crippen LogP contribution in [0.15, 0.2) is 69.1 Å². The molecule has 20 heavy (non-hydrogen) atoms. The first-order chi connectivity index (χ1) is 9.69. The molecule has 0 saturated heterocycles. The number of hydrogen-bond acceptors (Lipinski definition) is 3. The van der Waals surface area contributed by atoms with Gasteiger partial charge in [-0.3, -0.25) is 0 Å². The van der Waals surface area contributed by atoms with Crippen molar-refractivity contribution in [2.24, 2.45) is 10.9 Å². The molecule has 3 nitrogen and oxygen atoms in total. The van der Waals surface area contributed by atoms with E-state index in [1.165, 1.54) is 0 Å². The Balaban J connectivity index is 2.20. The number of halogens is 1. The molecule has 0 aliphatic rings. The van der Waals surface area contributed by atoms with Gasteiger partial charge in [0.15, 0.2) is 0 Å². The SMILES string of the molecule is NC(CC(Sc1ccc(Br)cc1)c1ccccc1)=NO. The largest absolute Gasteiger partial charge is 0.409 e. The van der Waals surface area contributed by atoms with Crippen LogP contribution in [0.2, 0.25) is 0 Å². The van der Waals surface area contributed by atoms with Gasteiger partial charge in [0, 0.05) is 21.0 Å². The van der Waals surface area contributed by atoms with E-state index in [1.807, 2.05) is 30.3 Å². The molecule has 5 heteroatoms. The van der Waals surface area contributed by atoms with Crippen molar-refractivity contribution in [3.8, 4) is 0 Å². The maximum Gasteiger partial charge on any atom is 0.140 e. The van der Waals surface area contributed by atoms with Crippen LogP contribution in [-0.2, 0) is 0 Å². The van der Waals surface area contributed by atoms with Gasteiger partial charge < -0.3 is 10.9 Å². The molecule has 0 radical (unpaired) electrons. The van der Waals surface area contributed by atoms with Gasteiger partial charge in [0.25, 0.3) is 0 Å². The van der Waals surface area contributed by atoms with Gasteiger partial charge in [0.1, 0.15) is 5.84 Å². The van der Waals surface area contributed by atoms with Gasteiger partial charge in [-0.1, -0.05) is 51.4 Å². The average Bonchev–Trinajstić information content (AvgIpc) is 2.49. The summed E-state index contributed by atoms with van der Waals surface area (Å²) in [6.45, 7) is 0. The summed E-state index contributed by atoms with van der Waals surface area (Å²) >= 11 is 5.13. The van der Waals surface area contributed by atoms with E-state index in [9.17, 15) is 0 Å². The molecular formula is C15H15BrN2OS. The summed E-state index contributed by atoms with van der Waals surface area (Å²) in [4.78, 5) is 1.15. The van der Waals surface area contributed by atoms with Crippen LogP contribution in [0.3, 0.4) is 0 Å². The molecule has 104 valence electrons. The first-order valence-corrected chi connectivity index (χ1v) is 7.80. The van der Waals surface area contributed by atoms with Gasteiger partial charge in [0.2, 0.25) is 0 Å². The highest BCUT2D eigenvalue weighted by atomic mass is 79.9. The number of nitrogens with two attached hydrogens (primary N) is 1. The molecule has 2 rings (SSSR count). The molecule has 0 bridgehead atoms. The predicted octanol–water partition coefficient (Wildman–Crippen LogP) is 4.42. The van der Waals surface area contributed by atoms with E-state index < -0.39 is 0 Å². The van der Waals surface area contributed by atoms with Crippen molar-refractivity contribution in [1.82, 2.24) is 0 Å². The summed E-state index contributed by atoms with van der Waals surface area (Å²) in [5.74, 6) is 0.239. The number of oxime groups is 1. The van der Waals surface area contributed by atoms with E-state index >= 15 is 0 Å². The first-order valence-electron chi connectivity index (χ1n) is 6.12. The lowest BCUT2D eigenvalue weighted by Gasteiger charge is -2.16. The molecule has 2 aromatic carbocycles. The van der Waals surface area contributed by atoms with Crippen LogP contribution in [0.1, 0.15) is 17.2 Å². The third-order valence-electron chi connectivity index (χ3n) is 2.79. The van der Waals surface area contributed by atoms with Crippen molar-refractivity contribution in [1.29, 1.82) is 0 Å². The number of rotatable bonds is 5. The number of benzene rings is 2. The van der Waals surface area contributed by atoms with Gasteiger partial charge >= 0.3 is 0 Å². The second-order valence-corrected chi connectivity index (χ2v) is 6.46. The smallest absolute Gasteiger partial charge is 0.140 e. The molecule has 0 heterocycles. The van der Waals surface area contributed by atoms with E-state index in [4.69, 9.17) is 10.9 Å². The van der Waals surface area contributed by atoms with Crippen LogP contribution in [-0.4, -0.2) is 11.0 Å². The summed E-state index contributed by atoms with van der Waals surface area (Å²) in [5.41, 5.74) is 6.83. The second kappa shape index (κ2) is 7.36. The van der Waals surface area contributed by atoms with Gasteiger partial charge in [-0.05, 0) is 29.8 Å². The zero-order chi connectivity index (χ0) is 14.4. The Morgan fingerprint density at radius 3 is 2.40 bits per heavy atom. The van der Waals surface area contributed by atoms with Gasteiger partial charge in [-0.15, -0.1) is 11.8 Å². The minimum Gasteiger partial charge on any atom is -0.409 e. The minimum atomic E-state index is 0.119. The zero-order valence-corrected chi connectivity index (χ0v) is 13.1. The Morgan fingerprint density at radius 2 is 1.80 bits per heavy atom. The molecule has 2 aromatic rings. The van der Waals surface area contributed by atoms with Crippen LogP contribution >= 0.6 is 27.7 Å². The minimum absolute atomic E-state index is 0.119. The normalized spacial score (nSPS) is 13.2. The van der Waals surface area contributed by atoms with Crippen LogP contribution in [0.4, 0.5) is 0 Å². The van der Waals surface area contributed by atoms with Crippen LogP contribution in [0.5, 0.6) is 0 Å². The summed E-state index contributed by atoms with van der Waals surface area (Å²) < 4.78 is 1.05. The molecule has 0 amide bonds. The fourth-order valence-corrected chi connectivity index (χ4v) is 3.24. The van der Waals surface area contributed by atoms with Crippen LogP contribution in [0, 0.1) is 0 Å². The third-order valence-corrected chi connectivity index (χ3v) is 4.58. The molecule has 0 aliphatic heterocycles. The summed E-state index contributed by atoms with van der Waals surface area (Å²) in [7, 11) is 0. The number of hydrogen-bond donors (Lipinski definition) is 2. The van der Waals surface area contributed by atoms with Crippen LogP contribution < -0.4 is 5.73 Å². The lowest BCUT2D eigenvalue weighted by molar-refractivity contribution is 0.317. The molecule has 0 spiro atoms. The highest BCUT2D eigenvalue weighted by molar-refractivity contribution is 9.10. The van der Waals surface area contributed by atoms with E-state index in [0.717, 1.165) is 14.9 Å². The molecule has 1 atom stereocenters. The summed E-state index contributed by atoms with van der Waals surface area (Å²) in [6.07, 6.45) is 0.501. The highest BCUT2D eigenvalue weighted by Gasteiger charge is 2.15. The molecule has 0 aliphatic carbocycles. The zero-order valence-electron chi connectivity index (χ0n) is 10.7. The van der Waals surface area contributed by atoms with E-state index in [-0.39, 0.29) is 11.1 Å². The molecule has 1 unspecified atom stereocenters. The lowest BCUT2D eigenvalue weighted by Crippen LogP contribution is -2.14. The van der Waals surface area contributed by atoms with E-state index in [0.29, 0.717) is 6.42 Å². The Labute approximate surface area is 131 Å². The van der Waals surface area contributed by atoms with Crippen molar-refractivity contribution < 1.29 is 5.21 Å². The van der Waals surface area contributed by atoms with Gasteiger partial charge in [-0.2, -0.15) is 0 Å². The Kier molecular flexibility index (Phi) is 5.49.